The molecule has 86 valence electrons. The third-order valence-electron chi connectivity index (χ3n) is 1.25. The Morgan fingerprint density at radius 1 is 0.857 bits per heavy atom. The van der Waals surface area contributed by atoms with E-state index in [0.717, 1.165) is 0 Å². The van der Waals surface area contributed by atoms with E-state index in [1.165, 1.54) is 0 Å². The van der Waals surface area contributed by atoms with E-state index in [1.807, 2.05) is 0 Å². The van der Waals surface area contributed by atoms with Crippen molar-refractivity contribution in [3.05, 3.63) is 0 Å². The van der Waals surface area contributed by atoms with E-state index in [2.05, 4.69) is 0 Å². The van der Waals surface area contributed by atoms with Crippen LogP contribution in [-0.2, 0) is 25.4 Å². The predicted octanol–water partition coefficient (Wildman–Crippen LogP) is -2.97. The van der Waals surface area contributed by atoms with Crippen LogP contribution in [0.2, 0.25) is 0 Å². The van der Waals surface area contributed by atoms with Gasteiger partial charge in [0.2, 0.25) is 0 Å². The van der Waals surface area contributed by atoms with E-state index in [1.54, 1.807) is 4.90 Å². The Labute approximate surface area is 91.6 Å². The molecule has 0 aliphatic heterocycles. The topological polar surface area (TPSA) is 121 Å². The summed E-state index contributed by atoms with van der Waals surface area (Å²) in [6, 6.07) is 0. The summed E-state index contributed by atoms with van der Waals surface area (Å²) in [4.78, 5) is 1.79. The summed E-state index contributed by atoms with van der Waals surface area (Å²) in [7, 11) is 0. The summed E-state index contributed by atoms with van der Waals surface area (Å²) < 4.78 is 23.3. The van der Waals surface area contributed by atoms with Gasteiger partial charge >= 0.3 is 31.8 Å². The van der Waals surface area contributed by atoms with Gasteiger partial charge in [-0.25, -0.2) is 0 Å². The Morgan fingerprint density at radius 2 is 1.07 bits per heavy atom. The average Bonchev–Trinajstić information content (AvgIpc) is 2.04. The van der Waals surface area contributed by atoms with Crippen LogP contribution in [0.4, 0.5) is 0 Å². The number of hydrogen-bond acceptors (Lipinski definition) is 5. The van der Waals surface area contributed by atoms with Crippen LogP contribution in [0.1, 0.15) is 0 Å². The molecule has 0 saturated heterocycles. The van der Waals surface area contributed by atoms with Crippen molar-refractivity contribution in [2.75, 3.05) is 39.5 Å². The monoisotopic (exact) mass is 289 g/mol. The van der Waals surface area contributed by atoms with Crippen molar-refractivity contribution < 1.29 is 47.1 Å². The van der Waals surface area contributed by atoms with E-state index in [4.69, 9.17) is 24.5 Å². The summed E-state index contributed by atoms with van der Waals surface area (Å²) >= 11 is -3.79. The van der Waals surface area contributed by atoms with Crippen LogP contribution >= 0.6 is 0 Å². The Bertz CT molecular complexity index is 117. The number of nitrogens with zero attached hydrogens (tertiary/aromatic N) is 1. The van der Waals surface area contributed by atoms with Crippen molar-refractivity contribution in [3.63, 3.8) is 0 Å². The van der Waals surface area contributed by atoms with Gasteiger partial charge in [0.05, 0.1) is 19.8 Å². The van der Waals surface area contributed by atoms with Crippen molar-refractivity contribution in [1.29, 1.82) is 0 Å². The SMILES string of the molecule is OCCN(CCO)CCO.[O]=[Zr]([OH])[OH]. The molecule has 0 amide bonds. The second-order valence-corrected chi connectivity index (χ2v) is 3.68. The quantitative estimate of drug-likeness (QED) is 0.354. The van der Waals surface area contributed by atoms with Gasteiger partial charge in [-0.1, -0.05) is 0 Å². The zero-order chi connectivity index (χ0) is 11.4. The van der Waals surface area contributed by atoms with Crippen molar-refractivity contribution in [2.24, 2.45) is 0 Å². The fourth-order valence-corrected chi connectivity index (χ4v) is 0.760. The summed E-state index contributed by atoms with van der Waals surface area (Å²) in [5.41, 5.74) is 0. The molecule has 0 atom stereocenters. The number of hydrogen-bond donors (Lipinski definition) is 5. The molecule has 0 aromatic heterocycles. The Kier molecular flexibility index (Phi) is 16.2. The molecule has 0 aromatic carbocycles. The Hall–Kier alpha value is 0.443. The van der Waals surface area contributed by atoms with Gasteiger partial charge in [0.15, 0.2) is 0 Å². The fraction of sp³-hybridized carbons (Fsp3) is 1.00. The van der Waals surface area contributed by atoms with Gasteiger partial charge in [0.25, 0.3) is 0 Å². The standard InChI is InChI=1S/C6H15NO3.2H2O.O.Zr/c8-4-1-7(2-5-9)3-6-10;;;;/h8-10H,1-6H2;2*1H2;;/q;;;;+2/p-2. The van der Waals surface area contributed by atoms with E-state index in [-0.39, 0.29) is 19.8 Å². The van der Waals surface area contributed by atoms with Crippen LogP contribution in [0.3, 0.4) is 0 Å². The van der Waals surface area contributed by atoms with Crippen molar-refractivity contribution in [1.82, 2.24) is 4.90 Å². The summed E-state index contributed by atoms with van der Waals surface area (Å²) in [5, 5.41) is 25.5. The summed E-state index contributed by atoms with van der Waals surface area (Å²) in [6.45, 7) is 1.75. The van der Waals surface area contributed by atoms with E-state index < -0.39 is 22.6 Å². The average molecular weight is 290 g/mol. The molecular formula is C6H17NO6Zr. The molecule has 14 heavy (non-hydrogen) atoms. The summed E-state index contributed by atoms with van der Waals surface area (Å²) in [6.07, 6.45) is 0. The van der Waals surface area contributed by atoms with Gasteiger partial charge in [-0.2, -0.15) is 0 Å². The molecule has 0 aliphatic carbocycles. The second-order valence-electron chi connectivity index (χ2n) is 2.30. The molecular weight excluding hydrogens is 273 g/mol. The predicted molar refractivity (Wildman–Crippen MR) is 42.8 cm³/mol. The van der Waals surface area contributed by atoms with Gasteiger partial charge in [-0.3, -0.25) is 4.90 Å². The normalized spacial score (nSPS) is 9.57. The first-order valence-electron chi connectivity index (χ1n) is 4.05. The molecule has 0 aromatic rings. The molecule has 0 spiro atoms. The van der Waals surface area contributed by atoms with Gasteiger partial charge < -0.3 is 15.3 Å². The molecule has 0 fully saturated rings. The molecule has 5 N–H and O–H groups in total. The van der Waals surface area contributed by atoms with Gasteiger partial charge in [0.1, 0.15) is 0 Å². The third kappa shape index (κ3) is 18.3. The maximum atomic E-state index is 8.84. The first-order valence-corrected chi connectivity index (χ1v) is 7.25. The minimum absolute atomic E-state index is 0.0694. The van der Waals surface area contributed by atoms with Crippen molar-refractivity contribution in [3.8, 4) is 0 Å². The van der Waals surface area contributed by atoms with E-state index in [9.17, 15) is 0 Å². The molecule has 0 bridgehead atoms. The molecule has 8 heteroatoms. The minimum atomic E-state index is -3.79. The van der Waals surface area contributed by atoms with Crippen LogP contribution < -0.4 is 0 Å². The molecule has 0 unspecified atom stereocenters. The fourth-order valence-electron chi connectivity index (χ4n) is 0.760. The van der Waals surface area contributed by atoms with Gasteiger partial charge in [0, 0.05) is 19.6 Å². The van der Waals surface area contributed by atoms with Crippen LogP contribution in [0.15, 0.2) is 0 Å². The van der Waals surface area contributed by atoms with E-state index >= 15 is 0 Å². The molecule has 0 saturated carbocycles. The maximum absolute atomic E-state index is 8.84. The molecule has 7 nitrogen and oxygen atoms in total. The zero-order valence-corrected chi connectivity index (χ0v) is 10.3. The van der Waals surface area contributed by atoms with Crippen LogP contribution in [-0.4, -0.2) is 66.0 Å². The zero-order valence-electron chi connectivity index (χ0n) is 7.83. The second kappa shape index (κ2) is 13.4. The summed E-state index contributed by atoms with van der Waals surface area (Å²) in [5.74, 6) is 0. The van der Waals surface area contributed by atoms with E-state index in [0.29, 0.717) is 19.6 Å². The van der Waals surface area contributed by atoms with Crippen LogP contribution in [0.5, 0.6) is 0 Å². The molecule has 0 aliphatic rings. The Morgan fingerprint density at radius 3 is 1.21 bits per heavy atom. The number of rotatable bonds is 6. The van der Waals surface area contributed by atoms with Crippen LogP contribution in [0.25, 0.3) is 0 Å². The molecule has 0 rings (SSSR count). The Balaban J connectivity index is 0. The van der Waals surface area contributed by atoms with Crippen LogP contribution in [0, 0.1) is 0 Å². The first kappa shape index (κ1) is 16.9. The first-order chi connectivity index (χ1) is 6.58. The van der Waals surface area contributed by atoms with Crippen molar-refractivity contribution in [2.45, 2.75) is 0 Å². The number of aliphatic hydroxyl groups is 3. The molecule has 0 heterocycles. The number of aliphatic hydroxyl groups excluding tert-OH is 3. The molecule has 0 radical (unpaired) electrons. The van der Waals surface area contributed by atoms with Crippen molar-refractivity contribution >= 4 is 0 Å². The van der Waals surface area contributed by atoms with Gasteiger partial charge in [-0.05, 0) is 0 Å². The van der Waals surface area contributed by atoms with Gasteiger partial charge in [-0.15, -0.1) is 0 Å². The third-order valence-corrected chi connectivity index (χ3v) is 1.25.